The van der Waals surface area contributed by atoms with Crippen molar-refractivity contribution in [1.82, 2.24) is 24.0 Å². The van der Waals surface area contributed by atoms with Crippen molar-refractivity contribution in [2.75, 3.05) is 31.1 Å². The van der Waals surface area contributed by atoms with Crippen LogP contribution in [-0.2, 0) is 7.05 Å². The highest BCUT2D eigenvalue weighted by molar-refractivity contribution is 6.33. The van der Waals surface area contributed by atoms with Crippen molar-refractivity contribution < 1.29 is 4.79 Å². The molecule has 0 unspecified atom stereocenters. The molecule has 162 valence electrons. The van der Waals surface area contributed by atoms with E-state index in [1.807, 2.05) is 54.6 Å². The highest BCUT2D eigenvalue weighted by Crippen LogP contribution is 2.26. The summed E-state index contributed by atoms with van der Waals surface area (Å²) in [6.45, 7) is 2.22. The molecule has 1 aliphatic rings. The lowest BCUT2D eigenvalue weighted by atomic mass is 10.2. The third-order valence-corrected chi connectivity index (χ3v) is 6.07. The van der Waals surface area contributed by atoms with Crippen molar-refractivity contribution in [2.45, 2.75) is 0 Å². The molecule has 0 saturated carbocycles. The van der Waals surface area contributed by atoms with Crippen LogP contribution in [0, 0.1) is 0 Å². The van der Waals surface area contributed by atoms with Crippen LogP contribution in [0.25, 0.3) is 22.6 Å². The molecule has 1 aliphatic heterocycles. The molecule has 3 heterocycles. The summed E-state index contributed by atoms with van der Waals surface area (Å²) in [5.74, 6) is 0.506. The van der Waals surface area contributed by atoms with Crippen LogP contribution in [0.1, 0.15) is 0 Å². The summed E-state index contributed by atoms with van der Waals surface area (Å²) in [7, 11) is 1.62. The van der Waals surface area contributed by atoms with Gasteiger partial charge in [0, 0.05) is 38.8 Å². The highest BCUT2D eigenvalue weighted by Gasteiger charge is 2.27. The lowest BCUT2D eigenvalue weighted by molar-refractivity contribution is 0.196. The van der Waals surface area contributed by atoms with Crippen LogP contribution in [0.3, 0.4) is 0 Å². The van der Waals surface area contributed by atoms with Crippen molar-refractivity contribution in [3.05, 3.63) is 76.3 Å². The first-order chi connectivity index (χ1) is 15.5. The second-order valence-electron chi connectivity index (χ2n) is 7.65. The maximum absolute atomic E-state index is 13.3. The van der Waals surface area contributed by atoms with Crippen LogP contribution in [0.4, 0.5) is 10.5 Å². The number of anilines is 1. The minimum Gasteiger partial charge on any atom is -0.367 e. The number of amides is 1. The predicted octanol–water partition coefficient (Wildman–Crippen LogP) is 3.24. The van der Waals surface area contributed by atoms with Gasteiger partial charge in [-0.15, -0.1) is 0 Å². The van der Waals surface area contributed by atoms with Gasteiger partial charge in [0.2, 0.25) is 0 Å². The van der Waals surface area contributed by atoms with E-state index in [9.17, 15) is 9.59 Å². The van der Waals surface area contributed by atoms with E-state index in [2.05, 4.69) is 14.9 Å². The minimum absolute atomic E-state index is 0.365. The van der Waals surface area contributed by atoms with Crippen LogP contribution in [0.5, 0.6) is 0 Å². The molecule has 9 heteroatoms. The van der Waals surface area contributed by atoms with Gasteiger partial charge in [0.1, 0.15) is 5.52 Å². The number of fused-ring (bicyclic) bond motifs is 1. The molecule has 1 saturated heterocycles. The predicted molar refractivity (Wildman–Crippen MR) is 124 cm³/mol. The fraction of sp³-hybridized carbons (Fsp3) is 0.217. The van der Waals surface area contributed by atoms with Gasteiger partial charge in [-0.25, -0.2) is 24.1 Å². The number of carbonyl (C=O) groups is 1. The summed E-state index contributed by atoms with van der Waals surface area (Å²) < 4.78 is 2.55. The number of aryl methyl sites for hydroxylation is 1. The number of benzene rings is 2. The molecule has 2 aromatic carbocycles. The quantitative estimate of drug-likeness (QED) is 0.470. The van der Waals surface area contributed by atoms with Gasteiger partial charge in [0.25, 0.3) is 0 Å². The van der Waals surface area contributed by atoms with Crippen molar-refractivity contribution >= 4 is 34.5 Å². The van der Waals surface area contributed by atoms with Gasteiger partial charge in [-0.2, -0.15) is 0 Å². The van der Waals surface area contributed by atoms with Crippen molar-refractivity contribution in [2.24, 2.45) is 7.05 Å². The summed E-state index contributed by atoms with van der Waals surface area (Å²) in [6.07, 6.45) is 1.55. The summed E-state index contributed by atoms with van der Waals surface area (Å²) in [6, 6.07) is 16.8. The van der Waals surface area contributed by atoms with Crippen LogP contribution in [-0.4, -0.2) is 56.2 Å². The Labute approximate surface area is 189 Å². The molecular weight excluding hydrogens is 428 g/mol. The van der Waals surface area contributed by atoms with Gasteiger partial charge >= 0.3 is 11.7 Å². The van der Waals surface area contributed by atoms with Crippen molar-refractivity contribution in [3.8, 4) is 11.4 Å². The number of hydrogen-bond acceptors (Lipinski definition) is 5. The summed E-state index contributed by atoms with van der Waals surface area (Å²) >= 11 is 6.31. The molecule has 0 spiro atoms. The van der Waals surface area contributed by atoms with E-state index >= 15 is 0 Å². The van der Waals surface area contributed by atoms with Crippen LogP contribution < -0.4 is 10.6 Å². The van der Waals surface area contributed by atoms with Gasteiger partial charge in [-0.05, 0) is 12.1 Å². The molecule has 2 aromatic heterocycles. The molecule has 5 rings (SSSR count). The fourth-order valence-electron chi connectivity index (χ4n) is 4.01. The standard InChI is InChI=1S/C23H21ClN6O2/c1-27-21-19(15-25-20(26-21)16-7-3-2-4-8-16)30(22(27)31)23(32)29-13-11-28(12-14-29)18-10-6-5-9-17(18)24/h2-10,15H,11-14H2,1H3. The summed E-state index contributed by atoms with van der Waals surface area (Å²) in [5, 5.41) is 0.684. The van der Waals surface area contributed by atoms with Gasteiger partial charge < -0.3 is 9.80 Å². The molecule has 0 aliphatic carbocycles. The van der Waals surface area contributed by atoms with Crippen molar-refractivity contribution in [1.29, 1.82) is 0 Å². The van der Waals surface area contributed by atoms with E-state index in [1.165, 1.54) is 4.57 Å². The zero-order valence-electron chi connectivity index (χ0n) is 17.5. The van der Waals surface area contributed by atoms with Crippen molar-refractivity contribution in [3.63, 3.8) is 0 Å². The van der Waals surface area contributed by atoms with E-state index in [-0.39, 0.29) is 6.03 Å². The normalized spacial score (nSPS) is 14.2. The first-order valence-electron chi connectivity index (χ1n) is 10.3. The summed E-state index contributed by atoms with van der Waals surface area (Å²) in [4.78, 5) is 39.0. The smallest absolute Gasteiger partial charge is 0.338 e. The van der Waals surface area contributed by atoms with Gasteiger partial charge in [-0.3, -0.25) is 4.57 Å². The van der Waals surface area contributed by atoms with Crippen LogP contribution >= 0.6 is 11.6 Å². The van der Waals surface area contributed by atoms with Gasteiger partial charge in [-0.1, -0.05) is 54.1 Å². The molecule has 1 amide bonds. The number of imidazole rings is 1. The van der Waals surface area contributed by atoms with Gasteiger partial charge in [0.05, 0.1) is 16.9 Å². The third kappa shape index (κ3) is 3.42. The number of carbonyl (C=O) groups excluding carboxylic acids is 1. The zero-order chi connectivity index (χ0) is 22.2. The Bertz CT molecular complexity index is 1360. The third-order valence-electron chi connectivity index (χ3n) is 5.75. The lowest BCUT2D eigenvalue weighted by Gasteiger charge is -2.36. The van der Waals surface area contributed by atoms with Crippen LogP contribution in [0.2, 0.25) is 5.02 Å². The largest absolute Gasteiger partial charge is 0.367 e. The fourth-order valence-corrected chi connectivity index (χ4v) is 4.27. The Morgan fingerprint density at radius 3 is 2.38 bits per heavy atom. The Kier molecular flexibility index (Phi) is 5.14. The van der Waals surface area contributed by atoms with E-state index in [0.717, 1.165) is 15.8 Å². The maximum atomic E-state index is 13.3. The Hall–Kier alpha value is -3.65. The lowest BCUT2D eigenvalue weighted by Crippen LogP contribution is -2.51. The maximum Gasteiger partial charge on any atom is 0.338 e. The zero-order valence-corrected chi connectivity index (χ0v) is 18.2. The highest BCUT2D eigenvalue weighted by atomic mass is 35.5. The van der Waals surface area contributed by atoms with E-state index in [4.69, 9.17) is 11.6 Å². The first-order valence-corrected chi connectivity index (χ1v) is 10.7. The molecular formula is C23H21ClN6O2. The number of rotatable bonds is 2. The molecule has 4 aromatic rings. The number of para-hydroxylation sites is 1. The van der Waals surface area contributed by atoms with Gasteiger partial charge in [0.15, 0.2) is 11.5 Å². The average molecular weight is 449 g/mol. The Morgan fingerprint density at radius 2 is 1.66 bits per heavy atom. The van der Waals surface area contributed by atoms with Crippen LogP contribution in [0.15, 0.2) is 65.6 Å². The second-order valence-corrected chi connectivity index (χ2v) is 8.06. The van der Waals surface area contributed by atoms with E-state index in [0.29, 0.717) is 48.2 Å². The topological polar surface area (TPSA) is 76.3 Å². The second kappa shape index (κ2) is 8.12. The molecule has 0 N–H and O–H groups in total. The molecule has 0 atom stereocenters. The number of halogens is 1. The molecule has 0 bridgehead atoms. The minimum atomic E-state index is -0.432. The monoisotopic (exact) mass is 448 g/mol. The number of aromatic nitrogens is 4. The summed E-state index contributed by atoms with van der Waals surface area (Å²) in [5.41, 5.74) is 2.18. The van der Waals surface area contributed by atoms with E-state index < -0.39 is 5.69 Å². The molecule has 1 fully saturated rings. The number of nitrogens with zero attached hydrogens (tertiary/aromatic N) is 6. The average Bonchev–Trinajstić information content (AvgIpc) is 3.09. The number of hydrogen-bond donors (Lipinski definition) is 0. The van der Waals surface area contributed by atoms with E-state index in [1.54, 1.807) is 18.1 Å². The number of piperazine rings is 1. The Morgan fingerprint density at radius 1 is 0.969 bits per heavy atom. The first kappa shape index (κ1) is 20.3. The molecule has 8 nitrogen and oxygen atoms in total. The Balaban J connectivity index is 1.42. The SMILES string of the molecule is Cn1c(=O)n(C(=O)N2CCN(c3ccccc3Cl)CC2)c2cnc(-c3ccccc3)nc21. The molecule has 32 heavy (non-hydrogen) atoms. The molecule has 0 radical (unpaired) electrons.